The molecule has 0 radical (unpaired) electrons. The van der Waals surface area contributed by atoms with Crippen LogP contribution in [-0.4, -0.2) is 26.4 Å². The molecule has 0 saturated carbocycles. The summed E-state index contributed by atoms with van der Waals surface area (Å²) in [7, 11) is -3.97. The van der Waals surface area contributed by atoms with Crippen molar-refractivity contribution < 1.29 is 22.7 Å². The number of sulfonamides is 1. The maximum absolute atomic E-state index is 12.7. The molecule has 0 fully saturated rings. The molecule has 7 nitrogen and oxygen atoms in total. The highest BCUT2D eigenvalue weighted by molar-refractivity contribution is 7.92. The van der Waals surface area contributed by atoms with Crippen molar-refractivity contribution in [2.24, 2.45) is 0 Å². The Morgan fingerprint density at radius 2 is 1.48 bits per heavy atom. The van der Waals surface area contributed by atoms with Crippen LogP contribution in [0.5, 0.6) is 0 Å². The van der Waals surface area contributed by atoms with E-state index in [1.54, 1.807) is 12.1 Å². The Morgan fingerprint density at radius 1 is 0.879 bits per heavy atom. The van der Waals surface area contributed by atoms with Gasteiger partial charge in [-0.1, -0.05) is 54.1 Å². The highest BCUT2D eigenvalue weighted by Crippen LogP contribution is 2.22. The number of para-hydroxylation sites is 1. The summed E-state index contributed by atoms with van der Waals surface area (Å²) in [4.78, 5) is 25.2. The molecular formula is C24H23ClN2O5S. The molecule has 0 spiro atoms. The van der Waals surface area contributed by atoms with Gasteiger partial charge in [0.15, 0.2) is 6.10 Å². The van der Waals surface area contributed by atoms with Gasteiger partial charge in [0.1, 0.15) is 0 Å². The Labute approximate surface area is 197 Å². The van der Waals surface area contributed by atoms with Crippen molar-refractivity contribution in [3.05, 3.63) is 95.0 Å². The topological polar surface area (TPSA) is 102 Å². The van der Waals surface area contributed by atoms with Gasteiger partial charge in [-0.05, 0) is 55.8 Å². The quantitative estimate of drug-likeness (QED) is 0.454. The Kier molecular flexibility index (Phi) is 7.73. The number of hydrogen-bond acceptors (Lipinski definition) is 5. The largest absolute Gasteiger partial charge is 0.449 e. The molecule has 33 heavy (non-hydrogen) atoms. The van der Waals surface area contributed by atoms with E-state index in [1.165, 1.54) is 43.3 Å². The second-order valence-electron chi connectivity index (χ2n) is 7.29. The van der Waals surface area contributed by atoms with Crippen molar-refractivity contribution in [2.75, 3.05) is 4.72 Å². The molecule has 2 unspecified atom stereocenters. The first kappa shape index (κ1) is 24.3. The van der Waals surface area contributed by atoms with Crippen LogP contribution in [0.2, 0.25) is 5.02 Å². The lowest BCUT2D eigenvalue weighted by Gasteiger charge is -2.19. The van der Waals surface area contributed by atoms with Crippen LogP contribution in [0.3, 0.4) is 0 Å². The van der Waals surface area contributed by atoms with Crippen molar-refractivity contribution in [1.29, 1.82) is 0 Å². The predicted octanol–water partition coefficient (Wildman–Crippen LogP) is 4.56. The van der Waals surface area contributed by atoms with Crippen LogP contribution in [0.25, 0.3) is 0 Å². The number of halogens is 1. The summed E-state index contributed by atoms with van der Waals surface area (Å²) in [5.74, 6) is -1.31. The molecule has 0 heterocycles. The maximum atomic E-state index is 12.7. The monoisotopic (exact) mass is 486 g/mol. The van der Waals surface area contributed by atoms with E-state index in [0.717, 1.165) is 5.56 Å². The van der Waals surface area contributed by atoms with E-state index in [0.29, 0.717) is 5.02 Å². The fourth-order valence-electron chi connectivity index (χ4n) is 3.00. The predicted molar refractivity (Wildman–Crippen MR) is 127 cm³/mol. The molecule has 0 saturated heterocycles. The lowest BCUT2D eigenvalue weighted by atomic mass is 10.1. The number of ether oxygens (including phenoxy) is 1. The van der Waals surface area contributed by atoms with Crippen LogP contribution in [0.4, 0.5) is 5.69 Å². The van der Waals surface area contributed by atoms with E-state index < -0.39 is 28.0 Å². The van der Waals surface area contributed by atoms with E-state index in [1.807, 2.05) is 37.3 Å². The Morgan fingerprint density at radius 3 is 2.15 bits per heavy atom. The van der Waals surface area contributed by atoms with E-state index in [-0.39, 0.29) is 22.2 Å². The number of esters is 1. The third kappa shape index (κ3) is 6.34. The minimum absolute atomic E-state index is 0.0160. The van der Waals surface area contributed by atoms with Crippen LogP contribution in [0, 0.1) is 0 Å². The third-order valence-electron chi connectivity index (χ3n) is 4.83. The number of carbonyl (C=O) groups excluding carboxylic acids is 2. The Bertz CT molecular complexity index is 1230. The summed E-state index contributed by atoms with van der Waals surface area (Å²) in [5.41, 5.74) is 0.917. The van der Waals surface area contributed by atoms with Gasteiger partial charge in [0.25, 0.3) is 15.9 Å². The number of hydrogen-bond donors (Lipinski definition) is 2. The van der Waals surface area contributed by atoms with Gasteiger partial charge in [0, 0.05) is 5.02 Å². The van der Waals surface area contributed by atoms with Crippen molar-refractivity contribution in [3.8, 4) is 0 Å². The fourth-order valence-corrected chi connectivity index (χ4v) is 4.21. The average molecular weight is 487 g/mol. The van der Waals surface area contributed by atoms with E-state index >= 15 is 0 Å². The van der Waals surface area contributed by atoms with Gasteiger partial charge in [-0.3, -0.25) is 9.52 Å². The normalized spacial score (nSPS) is 12.9. The summed E-state index contributed by atoms with van der Waals surface area (Å²) in [5, 5.41) is 3.19. The first-order chi connectivity index (χ1) is 15.7. The Balaban J connectivity index is 1.70. The SMILES string of the molecule is CC(OC(=O)c1ccccc1NS(=O)(=O)c1ccc(Cl)cc1)C(=O)NC(C)c1ccccc1. The summed E-state index contributed by atoms with van der Waals surface area (Å²) in [6.45, 7) is 3.27. The lowest BCUT2D eigenvalue weighted by molar-refractivity contribution is -0.129. The Hall–Kier alpha value is -3.36. The molecule has 0 aliphatic carbocycles. The van der Waals surface area contributed by atoms with Crippen LogP contribution in [0.1, 0.15) is 35.8 Å². The van der Waals surface area contributed by atoms with Crippen molar-refractivity contribution in [2.45, 2.75) is 30.9 Å². The second-order valence-corrected chi connectivity index (χ2v) is 9.41. The summed E-state index contributed by atoms with van der Waals surface area (Å²) < 4.78 is 33.1. The number of anilines is 1. The minimum atomic E-state index is -3.97. The van der Waals surface area contributed by atoms with Gasteiger partial charge in [0.05, 0.1) is 22.2 Å². The van der Waals surface area contributed by atoms with E-state index in [4.69, 9.17) is 16.3 Å². The molecule has 0 aliphatic heterocycles. The van der Waals surface area contributed by atoms with Gasteiger partial charge in [-0.2, -0.15) is 0 Å². The number of rotatable bonds is 8. The second kappa shape index (κ2) is 10.5. The number of amides is 1. The molecule has 9 heteroatoms. The van der Waals surface area contributed by atoms with Gasteiger partial charge in [0.2, 0.25) is 0 Å². The zero-order valence-corrected chi connectivity index (χ0v) is 19.6. The number of nitrogens with one attached hydrogen (secondary N) is 2. The average Bonchev–Trinajstić information content (AvgIpc) is 2.79. The van der Waals surface area contributed by atoms with Crippen LogP contribution in [-0.2, 0) is 19.6 Å². The van der Waals surface area contributed by atoms with Crippen molar-refractivity contribution in [3.63, 3.8) is 0 Å². The number of carbonyl (C=O) groups is 2. The standard InChI is InChI=1S/C24H23ClN2O5S/c1-16(18-8-4-3-5-9-18)26-23(28)17(2)32-24(29)21-10-6-7-11-22(21)27-33(30,31)20-14-12-19(25)13-15-20/h3-17,27H,1-2H3,(H,26,28). The number of benzene rings is 3. The highest BCUT2D eigenvalue weighted by Gasteiger charge is 2.24. The van der Waals surface area contributed by atoms with Gasteiger partial charge < -0.3 is 10.1 Å². The summed E-state index contributed by atoms with van der Waals surface area (Å²) in [6.07, 6.45) is -1.09. The molecule has 2 atom stereocenters. The molecular weight excluding hydrogens is 464 g/mol. The molecule has 0 aliphatic rings. The molecule has 1 amide bonds. The van der Waals surface area contributed by atoms with Crippen LogP contribution < -0.4 is 10.0 Å². The smallest absolute Gasteiger partial charge is 0.341 e. The van der Waals surface area contributed by atoms with Crippen LogP contribution >= 0.6 is 11.6 Å². The molecule has 0 aromatic heterocycles. The minimum Gasteiger partial charge on any atom is -0.449 e. The zero-order chi connectivity index (χ0) is 24.0. The van der Waals surface area contributed by atoms with Gasteiger partial charge >= 0.3 is 5.97 Å². The van der Waals surface area contributed by atoms with Gasteiger partial charge in [-0.25, -0.2) is 13.2 Å². The van der Waals surface area contributed by atoms with Crippen molar-refractivity contribution >= 4 is 39.2 Å². The molecule has 3 rings (SSSR count). The molecule has 3 aromatic rings. The van der Waals surface area contributed by atoms with Gasteiger partial charge in [-0.15, -0.1) is 0 Å². The molecule has 3 aromatic carbocycles. The van der Waals surface area contributed by atoms with E-state index in [9.17, 15) is 18.0 Å². The fraction of sp³-hybridized carbons (Fsp3) is 0.167. The molecule has 2 N–H and O–H groups in total. The lowest BCUT2D eigenvalue weighted by Crippen LogP contribution is -2.37. The van der Waals surface area contributed by atoms with E-state index in [2.05, 4.69) is 10.0 Å². The summed E-state index contributed by atoms with van der Waals surface area (Å²) >= 11 is 5.82. The molecule has 0 bridgehead atoms. The maximum Gasteiger partial charge on any atom is 0.341 e. The van der Waals surface area contributed by atoms with Crippen molar-refractivity contribution in [1.82, 2.24) is 5.32 Å². The molecule has 172 valence electrons. The highest BCUT2D eigenvalue weighted by atomic mass is 35.5. The first-order valence-corrected chi connectivity index (χ1v) is 12.0. The first-order valence-electron chi connectivity index (χ1n) is 10.1. The summed E-state index contributed by atoms with van der Waals surface area (Å²) in [6, 6.07) is 20.7. The zero-order valence-electron chi connectivity index (χ0n) is 18.0. The third-order valence-corrected chi connectivity index (χ3v) is 6.46. The van der Waals surface area contributed by atoms with Crippen LogP contribution in [0.15, 0.2) is 83.8 Å².